The van der Waals surface area contributed by atoms with Gasteiger partial charge in [0.05, 0.1) is 21.8 Å². The highest BCUT2D eigenvalue weighted by Crippen LogP contribution is 2.24. The number of carbonyl (C=O) groups excluding carboxylic acids is 1. The number of halogens is 1. The molecule has 146 valence electrons. The molecule has 0 aliphatic carbocycles. The summed E-state index contributed by atoms with van der Waals surface area (Å²) in [4.78, 5) is 25.8. The summed E-state index contributed by atoms with van der Waals surface area (Å²) >= 11 is 3.36. The van der Waals surface area contributed by atoms with Gasteiger partial charge in [-0.15, -0.1) is 0 Å². The number of carbonyl (C=O) groups is 1. The molecule has 2 aromatic rings. The number of hydrogen-bond acceptors (Lipinski definition) is 3. The summed E-state index contributed by atoms with van der Waals surface area (Å²) in [5.74, 6) is 0.0461. The van der Waals surface area contributed by atoms with E-state index in [1.165, 1.54) is 4.68 Å². The molecule has 0 unspecified atom stereocenters. The first-order valence-electron chi connectivity index (χ1n) is 9.30. The van der Waals surface area contributed by atoms with Crippen molar-refractivity contribution in [3.05, 3.63) is 67.5 Å². The minimum Gasteiger partial charge on any atom is -0.345 e. The van der Waals surface area contributed by atoms with Gasteiger partial charge in [-0.1, -0.05) is 51.1 Å². The molecule has 0 saturated heterocycles. The molecule has 2 N–H and O–H groups in total. The van der Waals surface area contributed by atoms with E-state index in [2.05, 4.69) is 40.5 Å². The Hall–Kier alpha value is -2.08. The standard InChI is InChI=1S/C21H28BrN3O2/c1-6-12-23-25-15(5)17(14(4)18(22)21(25)27)20(26)24-19(13(2)3)16-10-8-7-9-11-16/h7-11,13,19,23H,6,12H2,1-5H3,(H,24,26)/t19-/m0/s1. The van der Waals surface area contributed by atoms with E-state index in [1.54, 1.807) is 13.8 Å². The lowest BCUT2D eigenvalue weighted by atomic mass is 9.95. The van der Waals surface area contributed by atoms with E-state index >= 15 is 0 Å². The van der Waals surface area contributed by atoms with E-state index in [0.717, 1.165) is 12.0 Å². The van der Waals surface area contributed by atoms with Gasteiger partial charge >= 0.3 is 0 Å². The number of pyridine rings is 1. The van der Waals surface area contributed by atoms with E-state index < -0.39 is 0 Å². The van der Waals surface area contributed by atoms with Crippen molar-refractivity contribution in [3.63, 3.8) is 0 Å². The van der Waals surface area contributed by atoms with E-state index in [-0.39, 0.29) is 23.4 Å². The van der Waals surface area contributed by atoms with Crippen molar-refractivity contribution >= 4 is 21.8 Å². The Morgan fingerprint density at radius 3 is 2.37 bits per heavy atom. The summed E-state index contributed by atoms with van der Waals surface area (Å²) in [7, 11) is 0. The fourth-order valence-electron chi connectivity index (χ4n) is 3.16. The maximum atomic E-state index is 13.2. The molecule has 0 fully saturated rings. The molecule has 1 amide bonds. The second kappa shape index (κ2) is 9.22. The maximum absolute atomic E-state index is 13.2. The van der Waals surface area contributed by atoms with Crippen molar-refractivity contribution in [2.45, 2.75) is 47.1 Å². The van der Waals surface area contributed by atoms with Gasteiger partial charge in [0.2, 0.25) is 0 Å². The molecule has 1 heterocycles. The lowest BCUT2D eigenvalue weighted by Gasteiger charge is -2.25. The van der Waals surface area contributed by atoms with Crippen LogP contribution in [0.15, 0.2) is 39.6 Å². The van der Waals surface area contributed by atoms with E-state index in [1.807, 2.05) is 37.3 Å². The van der Waals surface area contributed by atoms with Crippen LogP contribution in [0, 0.1) is 19.8 Å². The van der Waals surface area contributed by atoms with Gasteiger partial charge in [0, 0.05) is 6.54 Å². The van der Waals surface area contributed by atoms with E-state index in [0.29, 0.717) is 27.8 Å². The predicted octanol–water partition coefficient (Wildman–Crippen LogP) is 4.31. The zero-order valence-corrected chi connectivity index (χ0v) is 18.2. The number of benzene rings is 1. The minimum atomic E-state index is -0.182. The van der Waals surface area contributed by atoms with E-state index in [9.17, 15) is 9.59 Å². The van der Waals surface area contributed by atoms with Crippen LogP contribution < -0.4 is 16.3 Å². The van der Waals surface area contributed by atoms with Crippen LogP contribution in [-0.2, 0) is 0 Å². The zero-order valence-electron chi connectivity index (χ0n) is 16.6. The first-order chi connectivity index (χ1) is 12.8. The summed E-state index contributed by atoms with van der Waals surface area (Å²) in [6.07, 6.45) is 0.877. The molecule has 0 aliphatic rings. The molecule has 0 aliphatic heterocycles. The fraction of sp³-hybridized carbons (Fsp3) is 0.429. The van der Waals surface area contributed by atoms with Crippen LogP contribution in [0.2, 0.25) is 0 Å². The Kier molecular flexibility index (Phi) is 7.25. The summed E-state index contributed by atoms with van der Waals surface area (Å²) in [6, 6.07) is 9.83. The molecule has 1 aromatic carbocycles. The smallest absolute Gasteiger partial charge is 0.283 e. The molecule has 27 heavy (non-hydrogen) atoms. The topological polar surface area (TPSA) is 63.1 Å². The summed E-state index contributed by atoms with van der Waals surface area (Å²) in [6.45, 7) is 10.4. The lowest BCUT2D eigenvalue weighted by molar-refractivity contribution is 0.0923. The summed E-state index contributed by atoms with van der Waals surface area (Å²) in [5.41, 5.74) is 5.76. The number of nitrogens with zero attached hydrogens (tertiary/aromatic N) is 1. The SMILES string of the molecule is CCCNn1c(C)c(C(=O)N[C@H](c2ccccc2)C(C)C)c(C)c(Br)c1=O. The molecule has 2 rings (SSSR count). The fourth-order valence-corrected chi connectivity index (χ4v) is 3.54. The highest BCUT2D eigenvalue weighted by atomic mass is 79.9. The van der Waals surface area contributed by atoms with Crippen molar-refractivity contribution < 1.29 is 4.79 Å². The van der Waals surface area contributed by atoms with Gasteiger partial charge in [-0.05, 0) is 53.2 Å². The molecule has 1 aromatic heterocycles. The van der Waals surface area contributed by atoms with Gasteiger partial charge in [-0.2, -0.15) is 0 Å². The zero-order chi connectivity index (χ0) is 20.1. The average Bonchev–Trinajstić information content (AvgIpc) is 2.65. The summed E-state index contributed by atoms with van der Waals surface area (Å²) < 4.78 is 1.87. The molecular formula is C21H28BrN3O2. The predicted molar refractivity (Wildman–Crippen MR) is 114 cm³/mol. The van der Waals surface area contributed by atoms with Crippen molar-refractivity contribution in [2.24, 2.45) is 5.92 Å². The molecule has 0 bridgehead atoms. The van der Waals surface area contributed by atoms with Crippen molar-refractivity contribution in [3.8, 4) is 0 Å². The Labute approximate surface area is 169 Å². The molecule has 0 spiro atoms. The normalized spacial score (nSPS) is 12.1. The quantitative estimate of drug-likeness (QED) is 0.683. The average molecular weight is 434 g/mol. The first kappa shape index (κ1) is 21.2. The van der Waals surface area contributed by atoms with Crippen LogP contribution in [0.3, 0.4) is 0 Å². The molecule has 0 radical (unpaired) electrons. The van der Waals surface area contributed by atoms with Crippen LogP contribution in [0.1, 0.15) is 60.4 Å². The van der Waals surface area contributed by atoms with Crippen molar-refractivity contribution in [1.29, 1.82) is 0 Å². The highest BCUT2D eigenvalue weighted by Gasteiger charge is 2.24. The second-order valence-corrected chi connectivity index (χ2v) is 7.85. The molecular weight excluding hydrogens is 406 g/mol. The lowest BCUT2D eigenvalue weighted by Crippen LogP contribution is -2.38. The van der Waals surface area contributed by atoms with Gasteiger partial charge in [0.1, 0.15) is 0 Å². The second-order valence-electron chi connectivity index (χ2n) is 7.05. The number of hydrogen-bond donors (Lipinski definition) is 2. The van der Waals surface area contributed by atoms with E-state index in [4.69, 9.17) is 0 Å². The highest BCUT2D eigenvalue weighted by molar-refractivity contribution is 9.10. The van der Waals surface area contributed by atoms with Gasteiger partial charge in [-0.25, -0.2) is 4.68 Å². The number of rotatable bonds is 7. The molecule has 1 atom stereocenters. The van der Waals surface area contributed by atoms with Gasteiger partial charge in [0.25, 0.3) is 11.5 Å². The maximum Gasteiger partial charge on any atom is 0.283 e. The summed E-state index contributed by atoms with van der Waals surface area (Å²) in [5, 5.41) is 3.16. The van der Waals surface area contributed by atoms with Crippen molar-refractivity contribution in [2.75, 3.05) is 12.0 Å². The van der Waals surface area contributed by atoms with Crippen LogP contribution in [0.5, 0.6) is 0 Å². The molecule has 0 saturated carbocycles. The number of aromatic nitrogens is 1. The Morgan fingerprint density at radius 1 is 1.19 bits per heavy atom. The minimum absolute atomic E-state index is 0.111. The van der Waals surface area contributed by atoms with Crippen LogP contribution in [0.25, 0.3) is 0 Å². The number of nitrogens with one attached hydrogen (secondary N) is 2. The Balaban J connectivity index is 2.45. The van der Waals surface area contributed by atoms with Crippen LogP contribution in [-0.4, -0.2) is 17.1 Å². The third kappa shape index (κ3) is 4.61. The first-order valence-corrected chi connectivity index (χ1v) is 10.1. The molecule has 5 nitrogen and oxygen atoms in total. The van der Waals surface area contributed by atoms with Gasteiger partial charge < -0.3 is 10.7 Å². The third-order valence-electron chi connectivity index (χ3n) is 4.65. The Bertz CT molecular complexity index is 860. The van der Waals surface area contributed by atoms with Gasteiger partial charge in [-0.3, -0.25) is 9.59 Å². The van der Waals surface area contributed by atoms with Crippen LogP contribution in [0.4, 0.5) is 0 Å². The van der Waals surface area contributed by atoms with Crippen molar-refractivity contribution in [1.82, 2.24) is 9.99 Å². The third-order valence-corrected chi connectivity index (χ3v) is 5.59. The monoisotopic (exact) mass is 433 g/mol. The Morgan fingerprint density at radius 2 is 1.81 bits per heavy atom. The number of amides is 1. The van der Waals surface area contributed by atoms with Gasteiger partial charge in [0.15, 0.2) is 0 Å². The largest absolute Gasteiger partial charge is 0.345 e. The van der Waals surface area contributed by atoms with Crippen LogP contribution >= 0.6 is 15.9 Å². The molecule has 6 heteroatoms.